The van der Waals surface area contributed by atoms with Crippen molar-refractivity contribution < 1.29 is 14.6 Å². The second-order valence-electron chi connectivity index (χ2n) is 6.29. The maximum absolute atomic E-state index is 12.5. The molecule has 1 saturated heterocycles. The molecule has 2 rings (SSSR count). The van der Waals surface area contributed by atoms with Crippen LogP contribution in [-0.4, -0.2) is 67.3 Å². The van der Waals surface area contributed by atoms with Gasteiger partial charge in [-0.05, 0) is 44.0 Å². The standard InChI is InChI=1S/C18H28N2O3/c1-14-4-5-15(12-17(14)23-3)6-7-18(22)20-10-9-19(2)16(13-20)8-11-21/h4-5,12,16,21H,6-11,13H2,1-3H3. The fourth-order valence-electron chi connectivity index (χ4n) is 3.06. The first-order valence-corrected chi connectivity index (χ1v) is 8.27. The van der Waals surface area contributed by atoms with Crippen molar-refractivity contribution in [2.24, 2.45) is 0 Å². The van der Waals surface area contributed by atoms with E-state index >= 15 is 0 Å². The number of amides is 1. The molecule has 0 aliphatic carbocycles. The summed E-state index contributed by atoms with van der Waals surface area (Å²) in [5.41, 5.74) is 2.23. The number of carbonyl (C=O) groups is 1. The molecule has 0 saturated carbocycles. The molecule has 1 aliphatic rings. The van der Waals surface area contributed by atoms with E-state index in [0.717, 1.165) is 42.8 Å². The summed E-state index contributed by atoms with van der Waals surface area (Å²) in [7, 11) is 3.73. The van der Waals surface area contributed by atoms with Crippen LogP contribution in [0.2, 0.25) is 0 Å². The number of hydrogen-bond acceptors (Lipinski definition) is 4. The second-order valence-corrected chi connectivity index (χ2v) is 6.29. The lowest BCUT2D eigenvalue weighted by molar-refractivity contribution is -0.134. The molecule has 1 N–H and O–H groups in total. The Hall–Kier alpha value is -1.59. The van der Waals surface area contributed by atoms with Crippen LogP contribution >= 0.6 is 0 Å². The minimum atomic E-state index is 0.167. The van der Waals surface area contributed by atoms with Crippen LogP contribution in [0.1, 0.15) is 24.0 Å². The van der Waals surface area contributed by atoms with E-state index in [-0.39, 0.29) is 18.6 Å². The number of piperazine rings is 1. The molecule has 5 nitrogen and oxygen atoms in total. The third-order valence-electron chi connectivity index (χ3n) is 4.69. The molecular weight excluding hydrogens is 292 g/mol. The van der Waals surface area contributed by atoms with Gasteiger partial charge in [-0.3, -0.25) is 9.69 Å². The number of benzene rings is 1. The monoisotopic (exact) mass is 320 g/mol. The summed E-state index contributed by atoms with van der Waals surface area (Å²) in [4.78, 5) is 16.6. The number of aliphatic hydroxyl groups excluding tert-OH is 1. The first kappa shape index (κ1) is 17.8. The van der Waals surface area contributed by atoms with Gasteiger partial charge in [0.25, 0.3) is 0 Å². The van der Waals surface area contributed by atoms with Crippen molar-refractivity contribution >= 4 is 5.91 Å². The van der Waals surface area contributed by atoms with Gasteiger partial charge in [-0.2, -0.15) is 0 Å². The zero-order valence-electron chi connectivity index (χ0n) is 14.4. The molecule has 1 atom stereocenters. The highest BCUT2D eigenvalue weighted by Crippen LogP contribution is 2.20. The van der Waals surface area contributed by atoms with Crippen LogP contribution in [0.4, 0.5) is 0 Å². The molecule has 1 amide bonds. The molecule has 23 heavy (non-hydrogen) atoms. The molecule has 1 heterocycles. The van der Waals surface area contributed by atoms with Gasteiger partial charge in [0, 0.05) is 38.7 Å². The van der Waals surface area contributed by atoms with Crippen molar-refractivity contribution in [3.8, 4) is 5.75 Å². The number of nitrogens with zero attached hydrogens (tertiary/aromatic N) is 2. The minimum absolute atomic E-state index is 0.167. The van der Waals surface area contributed by atoms with Crippen molar-refractivity contribution in [2.75, 3.05) is 40.4 Å². The Morgan fingerprint density at radius 2 is 2.17 bits per heavy atom. The van der Waals surface area contributed by atoms with Crippen molar-refractivity contribution in [1.29, 1.82) is 0 Å². The number of hydrogen-bond donors (Lipinski definition) is 1. The highest BCUT2D eigenvalue weighted by molar-refractivity contribution is 5.76. The van der Waals surface area contributed by atoms with E-state index in [1.54, 1.807) is 7.11 Å². The fourth-order valence-corrected chi connectivity index (χ4v) is 3.06. The van der Waals surface area contributed by atoms with Crippen LogP contribution in [0.3, 0.4) is 0 Å². The van der Waals surface area contributed by atoms with Gasteiger partial charge in [0.2, 0.25) is 5.91 Å². The molecule has 0 spiro atoms. The summed E-state index contributed by atoms with van der Waals surface area (Å²) < 4.78 is 5.34. The fraction of sp³-hybridized carbons (Fsp3) is 0.611. The van der Waals surface area contributed by atoms with Gasteiger partial charge in [0.15, 0.2) is 0 Å². The average Bonchev–Trinajstić information content (AvgIpc) is 2.56. The maximum atomic E-state index is 12.5. The van der Waals surface area contributed by atoms with E-state index in [1.807, 2.05) is 24.0 Å². The third kappa shape index (κ3) is 4.69. The third-order valence-corrected chi connectivity index (χ3v) is 4.69. The van der Waals surface area contributed by atoms with Crippen molar-refractivity contribution in [3.63, 3.8) is 0 Å². The van der Waals surface area contributed by atoms with Crippen LogP contribution in [0.15, 0.2) is 18.2 Å². The Kier molecular flexibility index (Phi) is 6.42. The molecule has 1 aromatic carbocycles. The van der Waals surface area contributed by atoms with E-state index < -0.39 is 0 Å². The number of likely N-dealkylation sites (N-methyl/N-ethyl adjacent to an activating group) is 1. The van der Waals surface area contributed by atoms with E-state index in [4.69, 9.17) is 9.84 Å². The van der Waals surface area contributed by atoms with Gasteiger partial charge < -0.3 is 14.7 Å². The van der Waals surface area contributed by atoms with Crippen molar-refractivity contribution in [1.82, 2.24) is 9.80 Å². The second kappa shape index (κ2) is 8.31. The number of ether oxygens (including phenoxy) is 1. The largest absolute Gasteiger partial charge is 0.496 e. The van der Waals surface area contributed by atoms with Gasteiger partial charge in [-0.15, -0.1) is 0 Å². The Labute approximate surface area is 138 Å². The highest BCUT2D eigenvalue weighted by Gasteiger charge is 2.26. The SMILES string of the molecule is COc1cc(CCC(=O)N2CCN(C)C(CCO)C2)ccc1C. The predicted molar refractivity (Wildman–Crippen MR) is 90.8 cm³/mol. The van der Waals surface area contributed by atoms with Crippen molar-refractivity contribution in [3.05, 3.63) is 29.3 Å². The number of aryl methyl sites for hydroxylation is 2. The van der Waals surface area contributed by atoms with Crippen LogP contribution in [0.25, 0.3) is 0 Å². The van der Waals surface area contributed by atoms with Gasteiger partial charge in [-0.1, -0.05) is 12.1 Å². The lowest BCUT2D eigenvalue weighted by Crippen LogP contribution is -2.53. The topological polar surface area (TPSA) is 53.0 Å². The number of aliphatic hydroxyl groups is 1. The minimum Gasteiger partial charge on any atom is -0.496 e. The maximum Gasteiger partial charge on any atom is 0.222 e. The quantitative estimate of drug-likeness (QED) is 0.862. The highest BCUT2D eigenvalue weighted by atomic mass is 16.5. The Balaban J connectivity index is 1.89. The van der Waals surface area contributed by atoms with E-state index in [9.17, 15) is 4.79 Å². The molecule has 0 aromatic heterocycles. The number of carbonyl (C=O) groups excluding carboxylic acids is 1. The first-order chi connectivity index (χ1) is 11.0. The predicted octanol–water partition coefficient (Wildman–Crippen LogP) is 1.46. The summed E-state index contributed by atoms with van der Waals surface area (Å²) in [5, 5.41) is 9.14. The van der Waals surface area contributed by atoms with Gasteiger partial charge in [0.05, 0.1) is 7.11 Å². The van der Waals surface area contributed by atoms with E-state index in [1.165, 1.54) is 0 Å². The number of rotatable bonds is 6. The number of methoxy groups -OCH3 is 1. The molecule has 1 unspecified atom stereocenters. The molecule has 0 bridgehead atoms. The Bertz CT molecular complexity index is 533. The molecule has 1 aliphatic heterocycles. The smallest absolute Gasteiger partial charge is 0.222 e. The Morgan fingerprint density at radius 3 is 2.87 bits per heavy atom. The van der Waals surface area contributed by atoms with Crippen LogP contribution in [0.5, 0.6) is 5.75 Å². The summed E-state index contributed by atoms with van der Waals surface area (Å²) in [6, 6.07) is 6.37. The molecule has 5 heteroatoms. The molecular formula is C18H28N2O3. The normalized spacial score (nSPS) is 19.0. The molecule has 1 fully saturated rings. The first-order valence-electron chi connectivity index (χ1n) is 8.27. The summed E-state index contributed by atoms with van der Waals surface area (Å²) >= 11 is 0. The molecule has 128 valence electrons. The van der Waals surface area contributed by atoms with Gasteiger partial charge in [0.1, 0.15) is 5.75 Å². The molecule has 0 radical (unpaired) electrons. The zero-order valence-corrected chi connectivity index (χ0v) is 14.4. The summed E-state index contributed by atoms with van der Waals surface area (Å²) in [6.45, 7) is 4.54. The van der Waals surface area contributed by atoms with E-state index in [0.29, 0.717) is 13.0 Å². The van der Waals surface area contributed by atoms with E-state index in [2.05, 4.69) is 18.0 Å². The van der Waals surface area contributed by atoms with Crippen LogP contribution in [-0.2, 0) is 11.2 Å². The lowest BCUT2D eigenvalue weighted by atomic mass is 10.1. The average molecular weight is 320 g/mol. The lowest BCUT2D eigenvalue weighted by Gasteiger charge is -2.39. The van der Waals surface area contributed by atoms with Gasteiger partial charge in [-0.25, -0.2) is 0 Å². The molecule has 1 aromatic rings. The zero-order chi connectivity index (χ0) is 16.8. The van der Waals surface area contributed by atoms with Crippen LogP contribution in [0, 0.1) is 6.92 Å². The van der Waals surface area contributed by atoms with Crippen LogP contribution < -0.4 is 4.74 Å². The van der Waals surface area contributed by atoms with Crippen molar-refractivity contribution in [2.45, 2.75) is 32.2 Å². The van der Waals surface area contributed by atoms with Gasteiger partial charge >= 0.3 is 0 Å². The summed E-state index contributed by atoms with van der Waals surface area (Å²) in [5.74, 6) is 1.07. The Morgan fingerprint density at radius 1 is 1.39 bits per heavy atom. The summed E-state index contributed by atoms with van der Waals surface area (Å²) in [6.07, 6.45) is 1.96.